The molecule has 2 nitrogen and oxygen atoms in total. The summed E-state index contributed by atoms with van der Waals surface area (Å²) in [7, 11) is 1.77. The molecule has 0 aromatic heterocycles. The summed E-state index contributed by atoms with van der Waals surface area (Å²) in [5.41, 5.74) is 0. The van der Waals surface area contributed by atoms with Crippen molar-refractivity contribution in [3.05, 3.63) is 30.3 Å². The summed E-state index contributed by atoms with van der Waals surface area (Å²) in [5.74, 6) is 0.751. The van der Waals surface area contributed by atoms with Crippen LogP contribution in [0.5, 0.6) is 0 Å². The summed E-state index contributed by atoms with van der Waals surface area (Å²) in [6, 6.07) is 9.77. The smallest absolute Gasteiger partial charge is 0.126 e. The second-order valence-electron chi connectivity index (χ2n) is 3.82. The Morgan fingerprint density at radius 2 is 1.80 bits per heavy atom. The highest BCUT2D eigenvalue weighted by Gasteiger charge is 2.33. The molecule has 0 aliphatic carbocycles. The van der Waals surface area contributed by atoms with Crippen molar-refractivity contribution in [3.8, 4) is 0 Å². The molecule has 0 bridgehead atoms. The molecule has 1 unspecified atom stereocenters. The fourth-order valence-electron chi connectivity index (χ4n) is 1.48. The lowest BCUT2D eigenvalue weighted by atomic mass is 10.4. The van der Waals surface area contributed by atoms with Crippen LogP contribution < -0.4 is 0 Å². The van der Waals surface area contributed by atoms with E-state index in [9.17, 15) is 4.21 Å². The lowest BCUT2D eigenvalue weighted by Crippen LogP contribution is -2.32. The SMILES string of the molecule is CCCC[S+](=O)(c1ccccc1)N(C)C. The molecule has 0 saturated heterocycles. The lowest BCUT2D eigenvalue weighted by molar-refractivity contribution is 0.527. The minimum absolute atomic E-state index is 0.751. The predicted octanol–water partition coefficient (Wildman–Crippen LogP) is 2.82. The summed E-state index contributed by atoms with van der Waals surface area (Å²) in [6.45, 7) is 2.13. The van der Waals surface area contributed by atoms with Crippen LogP contribution in [0.3, 0.4) is 0 Å². The molecule has 0 spiro atoms. The summed E-state index contributed by atoms with van der Waals surface area (Å²) in [4.78, 5) is 0.948. The molecule has 3 heteroatoms. The van der Waals surface area contributed by atoms with E-state index in [0.717, 1.165) is 23.5 Å². The Balaban J connectivity index is 2.97. The third-order valence-corrected chi connectivity index (χ3v) is 5.51. The fraction of sp³-hybridized carbons (Fsp3) is 0.500. The number of rotatable bonds is 5. The number of hydrogen-bond acceptors (Lipinski definition) is 1. The molecule has 0 fully saturated rings. The lowest BCUT2D eigenvalue weighted by Gasteiger charge is -2.17. The Bertz CT molecular complexity index is 335. The summed E-state index contributed by atoms with van der Waals surface area (Å²) >= 11 is 0. The average molecular weight is 226 g/mol. The van der Waals surface area contributed by atoms with E-state index in [4.69, 9.17) is 0 Å². The molecule has 0 heterocycles. The average Bonchev–Trinajstić information content (AvgIpc) is 2.27. The van der Waals surface area contributed by atoms with Crippen molar-refractivity contribution in [1.29, 1.82) is 0 Å². The Morgan fingerprint density at radius 1 is 1.20 bits per heavy atom. The maximum atomic E-state index is 12.8. The number of hydrogen-bond donors (Lipinski definition) is 0. The summed E-state index contributed by atoms with van der Waals surface area (Å²) in [5, 5.41) is 0. The molecule has 0 aliphatic heterocycles. The Hall–Kier alpha value is -0.670. The summed E-state index contributed by atoms with van der Waals surface area (Å²) < 4.78 is 14.6. The third kappa shape index (κ3) is 2.89. The molecule has 0 radical (unpaired) electrons. The van der Waals surface area contributed by atoms with Crippen LogP contribution in [0.25, 0.3) is 0 Å². The highest BCUT2D eigenvalue weighted by atomic mass is 32.3. The van der Waals surface area contributed by atoms with Gasteiger partial charge in [0.15, 0.2) is 15.0 Å². The zero-order valence-corrected chi connectivity index (χ0v) is 10.6. The molecule has 1 rings (SSSR count). The molecular formula is C12H20NOS+. The molecule has 0 saturated carbocycles. The van der Waals surface area contributed by atoms with Gasteiger partial charge in [-0.15, -0.1) is 4.31 Å². The van der Waals surface area contributed by atoms with E-state index in [1.54, 1.807) is 0 Å². The van der Waals surface area contributed by atoms with Crippen LogP contribution in [-0.2, 0) is 14.3 Å². The van der Waals surface area contributed by atoms with Crippen LogP contribution in [0, 0.1) is 0 Å². The van der Waals surface area contributed by atoms with Gasteiger partial charge in [-0.1, -0.05) is 35.8 Å². The molecule has 15 heavy (non-hydrogen) atoms. The number of unbranched alkanes of at least 4 members (excludes halogenated alkanes) is 1. The second kappa shape index (κ2) is 5.42. The normalized spacial score (nSPS) is 15.2. The van der Waals surface area contributed by atoms with Crippen molar-refractivity contribution in [3.63, 3.8) is 0 Å². The van der Waals surface area contributed by atoms with Gasteiger partial charge in [0.1, 0.15) is 5.75 Å². The van der Waals surface area contributed by atoms with Gasteiger partial charge in [-0.2, -0.15) is 0 Å². The van der Waals surface area contributed by atoms with Crippen molar-refractivity contribution in [2.24, 2.45) is 0 Å². The Morgan fingerprint density at radius 3 is 2.27 bits per heavy atom. The Kier molecular flexibility index (Phi) is 4.48. The first-order valence-electron chi connectivity index (χ1n) is 5.35. The van der Waals surface area contributed by atoms with Crippen LogP contribution in [0.4, 0.5) is 0 Å². The van der Waals surface area contributed by atoms with Gasteiger partial charge in [-0.3, -0.25) is 0 Å². The van der Waals surface area contributed by atoms with E-state index in [0.29, 0.717) is 0 Å². The topological polar surface area (TPSA) is 20.3 Å². The van der Waals surface area contributed by atoms with Crippen LogP contribution in [0.2, 0.25) is 0 Å². The van der Waals surface area contributed by atoms with Crippen LogP contribution in [0.1, 0.15) is 19.8 Å². The van der Waals surface area contributed by atoms with Gasteiger partial charge in [-0.25, -0.2) is 0 Å². The van der Waals surface area contributed by atoms with Crippen LogP contribution in [0.15, 0.2) is 35.2 Å². The van der Waals surface area contributed by atoms with E-state index in [-0.39, 0.29) is 0 Å². The van der Waals surface area contributed by atoms with Gasteiger partial charge >= 0.3 is 0 Å². The zero-order valence-electron chi connectivity index (χ0n) is 9.77. The van der Waals surface area contributed by atoms with E-state index >= 15 is 0 Å². The van der Waals surface area contributed by atoms with Crippen molar-refractivity contribution in [2.75, 3.05) is 19.8 Å². The van der Waals surface area contributed by atoms with Crippen molar-refractivity contribution in [1.82, 2.24) is 4.31 Å². The molecule has 1 aromatic rings. The monoisotopic (exact) mass is 226 g/mol. The molecular weight excluding hydrogens is 206 g/mol. The summed E-state index contributed by atoms with van der Waals surface area (Å²) in [6.07, 6.45) is 2.09. The standard InChI is InChI=1S/C12H20NOS/c1-4-5-11-15(14,13(2)3)12-9-7-6-8-10-12/h6-10H,4-5,11H2,1-3H3/q+1. The first-order chi connectivity index (χ1) is 7.11. The molecule has 1 aromatic carbocycles. The van der Waals surface area contributed by atoms with Gasteiger partial charge < -0.3 is 0 Å². The van der Waals surface area contributed by atoms with Crippen molar-refractivity contribution in [2.45, 2.75) is 24.7 Å². The van der Waals surface area contributed by atoms with E-state index in [1.807, 2.05) is 48.7 Å². The number of benzene rings is 1. The van der Waals surface area contributed by atoms with Crippen LogP contribution >= 0.6 is 0 Å². The first kappa shape index (κ1) is 12.4. The first-order valence-corrected chi connectivity index (χ1v) is 7.04. The predicted molar refractivity (Wildman–Crippen MR) is 66.2 cm³/mol. The number of nitrogens with zero attached hydrogens (tertiary/aromatic N) is 1. The largest absolute Gasteiger partial charge is 0.190 e. The van der Waals surface area contributed by atoms with E-state index in [1.165, 1.54) is 0 Å². The highest BCUT2D eigenvalue weighted by molar-refractivity contribution is 8.00. The van der Waals surface area contributed by atoms with Crippen molar-refractivity contribution >= 4 is 10.1 Å². The minimum Gasteiger partial charge on any atom is -0.126 e. The van der Waals surface area contributed by atoms with Crippen molar-refractivity contribution < 1.29 is 4.21 Å². The maximum Gasteiger partial charge on any atom is 0.190 e. The van der Waals surface area contributed by atoms with Crippen LogP contribution in [-0.4, -0.2) is 24.2 Å². The minimum atomic E-state index is -2.01. The quantitative estimate of drug-likeness (QED) is 0.707. The van der Waals surface area contributed by atoms with Gasteiger partial charge in [0.25, 0.3) is 0 Å². The molecule has 84 valence electrons. The molecule has 1 atom stereocenters. The van der Waals surface area contributed by atoms with Gasteiger partial charge in [0.2, 0.25) is 0 Å². The third-order valence-electron chi connectivity index (χ3n) is 2.48. The molecule has 0 aliphatic rings. The van der Waals surface area contributed by atoms with Gasteiger partial charge in [0, 0.05) is 14.1 Å². The second-order valence-corrected chi connectivity index (χ2v) is 6.71. The fourth-order valence-corrected chi connectivity index (χ4v) is 3.77. The Labute approximate surface area is 93.9 Å². The highest BCUT2D eigenvalue weighted by Crippen LogP contribution is 2.22. The molecule has 0 N–H and O–H groups in total. The van der Waals surface area contributed by atoms with E-state index in [2.05, 4.69) is 6.92 Å². The maximum absolute atomic E-state index is 12.8. The van der Waals surface area contributed by atoms with E-state index < -0.39 is 10.1 Å². The molecule has 0 amide bonds. The van der Waals surface area contributed by atoms with Gasteiger partial charge in [-0.05, 0) is 18.6 Å². The van der Waals surface area contributed by atoms with Gasteiger partial charge in [0.05, 0.1) is 0 Å². The zero-order chi connectivity index (χ0) is 11.3.